The number of methoxy groups -OCH3 is 1. The van der Waals surface area contributed by atoms with E-state index in [2.05, 4.69) is 0 Å². The minimum Gasteiger partial charge on any atom is -0.443 e. The van der Waals surface area contributed by atoms with Crippen molar-refractivity contribution in [3.63, 3.8) is 0 Å². The van der Waals surface area contributed by atoms with Gasteiger partial charge in [-0.3, -0.25) is 0 Å². The largest absolute Gasteiger partial charge is 0.443 e. The quantitative estimate of drug-likeness (QED) is 0.454. The normalized spacial score (nSPS) is 24.2. The number of benzene rings is 1. The van der Waals surface area contributed by atoms with E-state index in [0.29, 0.717) is 19.3 Å². The van der Waals surface area contributed by atoms with Crippen molar-refractivity contribution in [3.05, 3.63) is 35.6 Å². The van der Waals surface area contributed by atoms with Gasteiger partial charge in [-0.25, -0.2) is 31.8 Å². The molecule has 0 bridgehead atoms. The lowest BCUT2D eigenvalue weighted by atomic mass is 9.88. The zero-order valence-electron chi connectivity index (χ0n) is 19.7. The first-order chi connectivity index (χ1) is 15.4. The van der Waals surface area contributed by atoms with E-state index in [4.69, 9.17) is 19.2 Å². The molecule has 1 aromatic rings. The van der Waals surface area contributed by atoms with E-state index < -0.39 is 38.3 Å². The summed E-state index contributed by atoms with van der Waals surface area (Å²) in [4.78, 5) is 18.9. The molecule has 3 rings (SSSR count). The average Bonchev–Trinajstić information content (AvgIpc) is 3.16. The van der Waals surface area contributed by atoms with Gasteiger partial charge in [0.15, 0.2) is 0 Å². The van der Waals surface area contributed by atoms with Crippen LogP contribution in [0.25, 0.3) is 0 Å². The maximum atomic E-state index is 14.9. The Kier molecular flexibility index (Phi) is 7.35. The summed E-state index contributed by atoms with van der Waals surface area (Å²) in [7, 11) is -1.11. The maximum Gasteiger partial charge on any atom is 0.419 e. The van der Waals surface area contributed by atoms with Crippen molar-refractivity contribution in [3.8, 4) is 0 Å². The summed E-state index contributed by atoms with van der Waals surface area (Å²) < 4.78 is 59.1. The van der Waals surface area contributed by atoms with Crippen LogP contribution >= 0.6 is 0 Å². The molecule has 33 heavy (non-hydrogen) atoms. The number of amides is 1. The van der Waals surface area contributed by atoms with Gasteiger partial charge in [0.2, 0.25) is 16.0 Å². The minimum atomic E-state index is -3.96. The second-order valence-corrected chi connectivity index (χ2v) is 11.3. The van der Waals surface area contributed by atoms with Gasteiger partial charge in [-0.15, -0.1) is 0 Å². The molecule has 0 saturated heterocycles. The molecule has 184 valence electrons. The zero-order chi connectivity index (χ0) is 24.4. The van der Waals surface area contributed by atoms with Crippen molar-refractivity contribution in [2.24, 2.45) is 4.99 Å². The SMILES string of the molecule is COCCOCN(C(=O)OC(C)(C)C)C1=NC2(c3ccccc3F)CCCC2S(=O)(=O)N1C. The number of guanidine groups is 1. The summed E-state index contributed by atoms with van der Waals surface area (Å²) in [5.74, 6) is -0.699. The third kappa shape index (κ3) is 4.99. The maximum absolute atomic E-state index is 14.9. The molecule has 0 spiro atoms. The first-order valence-corrected chi connectivity index (χ1v) is 12.3. The van der Waals surface area contributed by atoms with E-state index in [0.717, 1.165) is 9.21 Å². The molecule has 0 radical (unpaired) electrons. The van der Waals surface area contributed by atoms with E-state index >= 15 is 0 Å². The second-order valence-electron chi connectivity index (χ2n) is 9.15. The number of hydrogen-bond acceptors (Lipinski definition) is 7. The van der Waals surface area contributed by atoms with Crippen molar-refractivity contribution in [1.29, 1.82) is 0 Å². The Balaban J connectivity index is 2.13. The lowest BCUT2D eigenvalue weighted by Gasteiger charge is -2.43. The van der Waals surface area contributed by atoms with E-state index in [9.17, 15) is 17.6 Å². The van der Waals surface area contributed by atoms with Gasteiger partial charge in [-0.2, -0.15) is 0 Å². The second kappa shape index (κ2) is 9.55. The predicted octanol–water partition coefficient (Wildman–Crippen LogP) is 3.06. The highest BCUT2D eigenvalue weighted by molar-refractivity contribution is 7.90. The Morgan fingerprint density at radius 2 is 2.00 bits per heavy atom. The third-order valence-electron chi connectivity index (χ3n) is 5.73. The van der Waals surface area contributed by atoms with E-state index in [1.54, 1.807) is 39.0 Å². The molecule has 1 aliphatic carbocycles. The fourth-order valence-electron chi connectivity index (χ4n) is 4.25. The smallest absolute Gasteiger partial charge is 0.419 e. The van der Waals surface area contributed by atoms with Gasteiger partial charge in [0.25, 0.3) is 0 Å². The van der Waals surface area contributed by atoms with Crippen molar-refractivity contribution in [2.75, 3.05) is 34.1 Å². The zero-order valence-corrected chi connectivity index (χ0v) is 20.5. The number of fused-ring (bicyclic) bond motifs is 1. The molecule has 2 unspecified atom stereocenters. The van der Waals surface area contributed by atoms with Crippen molar-refractivity contribution < 1.29 is 31.8 Å². The Labute approximate surface area is 194 Å². The Hall–Kier alpha value is -2.24. The highest BCUT2D eigenvalue weighted by atomic mass is 32.2. The van der Waals surface area contributed by atoms with Crippen molar-refractivity contribution in [2.45, 2.75) is 56.4 Å². The number of carbonyl (C=O) groups excluding carboxylic acids is 1. The fraction of sp³-hybridized carbons (Fsp3) is 0.636. The summed E-state index contributed by atoms with van der Waals surface area (Å²) in [5.41, 5.74) is -1.99. The number of rotatable bonds is 6. The van der Waals surface area contributed by atoms with Crippen LogP contribution < -0.4 is 0 Å². The monoisotopic (exact) mass is 485 g/mol. The topological polar surface area (TPSA) is 97.7 Å². The number of sulfonamides is 1. The molecule has 2 atom stereocenters. The molecule has 1 aromatic carbocycles. The Morgan fingerprint density at radius 3 is 2.64 bits per heavy atom. The summed E-state index contributed by atoms with van der Waals surface area (Å²) in [6.07, 6.45) is 0.414. The molecule has 1 fully saturated rings. The minimum absolute atomic E-state index is 0.164. The fourth-order valence-corrected chi connectivity index (χ4v) is 6.26. The van der Waals surface area contributed by atoms with Crippen LogP contribution in [0.3, 0.4) is 0 Å². The van der Waals surface area contributed by atoms with Gasteiger partial charge in [0.05, 0.1) is 13.2 Å². The number of carbonyl (C=O) groups is 1. The molecule has 1 heterocycles. The molecule has 1 aliphatic heterocycles. The first kappa shape index (κ1) is 25.4. The first-order valence-electron chi connectivity index (χ1n) is 10.8. The van der Waals surface area contributed by atoms with Crippen LogP contribution in [0.4, 0.5) is 9.18 Å². The summed E-state index contributed by atoms with van der Waals surface area (Å²) in [5, 5.41) is -0.939. The van der Waals surface area contributed by atoms with E-state index in [1.165, 1.54) is 20.2 Å². The van der Waals surface area contributed by atoms with Crippen LogP contribution in [0.5, 0.6) is 0 Å². The summed E-state index contributed by atoms with van der Waals surface area (Å²) in [6.45, 7) is 5.24. The molecular weight excluding hydrogens is 453 g/mol. The molecule has 9 nitrogen and oxygen atoms in total. The number of hydrogen-bond donors (Lipinski definition) is 0. The van der Waals surface area contributed by atoms with Crippen molar-refractivity contribution in [1.82, 2.24) is 9.21 Å². The lowest BCUT2D eigenvalue weighted by Crippen LogP contribution is -2.59. The molecule has 2 aliphatic rings. The third-order valence-corrected chi connectivity index (χ3v) is 8.00. The van der Waals surface area contributed by atoms with Crippen molar-refractivity contribution >= 4 is 22.1 Å². The molecular formula is C22H32FN3O6S. The average molecular weight is 486 g/mol. The van der Waals surface area contributed by atoms with Gasteiger partial charge in [-0.1, -0.05) is 18.2 Å². The highest BCUT2D eigenvalue weighted by Gasteiger charge is 2.58. The van der Waals surface area contributed by atoms with Crippen LogP contribution in [-0.4, -0.2) is 74.6 Å². The van der Waals surface area contributed by atoms with Crippen LogP contribution in [0, 0.1) is 5.82 Å². The number of nitrogens with zero attached hydrogens (tertiary/aromatic N) is 3. The van der Waals surface area contributed by atoms with Crippen LogP contribution in [-0.2, 0) is 29.8 Å². The highest BCUT2D eigenvalue weighted by Crippen LogP contribution is 2.50. The number of halogens is 1. The van der Waals surface area contributed by atoms with Gasteiger partial charge < -0.3 is 14.2 Å². The van der Waals surface area contributed by atoms with Crippen LogP contribution in [0.1, 0.15) is 45.6 Å². The van der Waals surface area contributed by atoms with Gasteiger partial charge in [0.1, 0.15) is 28.9 Å². The standard InChI is InChI=1S/C22H32FN3O6S/c1-21(2,3)32-20(27)26(15-31-14-13-30-5)19-24-22(16-9-6-7-10-17(16)23)12-8-11-18(22)33(28,29)25(19)4/h6-7,9-10,18H,8,11-15H2,1-5H3. The summed E-state index contributed by atoms with van der Waals surface area (Å²) in [6, 6.07) is 6.05. The van der Waals surface area contributed by atoms with Crippen LogP contribution in [0.2, 0.25) is 0 Å². The van der Waals surface area contributed by atoms with Gasteiger partial charge in [0, 0.05) is 19.7 Å². The number of ether oxygens (including phenoxy) is 3. The molecule has 1 amide bonds. The van der Waals surface area contributed by atoms with Gasteiger partial charge >= 0.3 is 6.09 Å². The van der Waals surface area contributed by atoms with E-state index in [1.807, 2.05) is 0 Å². The lowest BCUT2D eigenvalue weighted by molar-refractivity contribution is -0.00422. The Morgan fingerprint density at radius 1 is 1.30 bits per heavy atom. The summed E-state index contributed by atoms with van der Waals surface area (Å²) >= 11 is 0. The van der Waals surface area contributed by atoms with Gasteiger partial charge in [-0.05, 0) is 46.1 Å². The predicted molar refractivity (Wildman–Crippen MR) is 121 cm³/mol. The van der Waals surface area contributed by atoms with Crippen LogP contribution in [0.15, 0.2) is 29.3 Å². The molecule has 0 aromatic heterocycles. The Bertz CT molecular complexity index is 1010. The van der Waals surface area contributed by atoms with E-state index in [-0.39, 0.29) is 31.5 Å². The number of aliphatic imine (C=N–C) groups is 1. The molecule has 11 heteroatoms. The molecule has 0 N–H and O–H groups in total. The molecule has 1 saturated carbocycles.